The minimum absolute atomic E-state index is 0.0774. The van der Waals surface area contributed by atoms with E-state index in [4.69, 9.17) is 14.6 Å². The molecule has 34 heavy (non-hydrogen) atoms. The average Bonchev–Trinajstić information content (AvgIpc) is 3.45. The van der Waals surface area contributed by atoms with Crippen molar-refractivity contribution in [3.63, 3.8) is 0 Å². The maximum Gasteiger partial charge on any atom is 0.254 e. The largest absolute Gasteiger partial charge is 0.454 e. The van der Waals surface area contributed by atoms with Crippen LogP contribution in [0.5, 0.6) is 11.5 Å². The van der Waals surface area contributed by atoms with E-state index in [-0.39, 0.29) is 30.6 Å². The molecule has 1 aliphatic heterocycles. The molecule has 3 aromatic rings. The summed E-state index contributed by atoms with van der Waals surface area (Å²) in [6.07, 6.45) is 0.722. The highest BCUT2D eigenvalue weighted by molar-refractivity contribution is 5.99. The van der Waals surface area contributed by atoms with Crippen LogP contribution >= 0.6 is 0 Å². The van der Waals surface area contributed by atoms with Crippen molar-refractivity contribution in [2.45, 2.75) is 39.5 Å². The van der Waals surface area contributed by atoms with Crippen molar-refractivity contribution in [2.24, 2.45) is 0 Å². The van der Waals surface area contributed by atoms with Gasteiger partial charge in [-0.25, -0.2) is 4.68 Å². The summed E-state index contributed by atoms with van der Waals surface area (Å²) in [7, 11) is 0. The van der Waals surface area contributed by atoms with Gasteiger partial charge in [0.2, 0.25) is 12.7 Å². The summed E-state index contributed by atoms with van der Waals surface area (Å²) in [5, 5.41) is 7.69. The third-order valence-electron chi connectivity index (χ3n) is 5.48. The third-order valence-corrected chi connectivity index (χ3v) is 5.48. The molecule has 0 saturated heterocycles. The number of hydrogen-bond acceptors (Lipinski definition) is 5. The molecule has 4 rings (SSSR count). The summed E-state index contributed by atoms with van der Waals surface area (Å²) in [5.41, 5.74) is 1.96. The summed E-state index contributed by atoms with van der Waals surface area (Å²) in [5.74, 6) is 1.18. The second-order valence-electron chi connectivity index (χ2n) is 9.26. The molecule has 2 aromatic carbocycles. The van der Waals surface area contributed by atoms with Crippen LogP contribution in [0, 0.1) is 0 Å². The van der Waals surface area contributed by atoms with Crippen molar-refractivity contribution in [1.82, 2.24) is 14.7 Å². The Kier molecular flexibility index (Phi) is 6.58. The van der Waals surface area contributed by atoms with Crippen molar-refractivity contribution in [3.05, 3.63) is 65.9 Å². The van der Waals surface area contributed by atoms with Crippen LogP contribution in [0.4, 0.5) is 5.82 Å². The smallest absolute Gasteiger partial charge is 0.254 e. The van der Waals surface area contributed by atoms with E-state index in [1.165, 1.54) is 0 Å². The van der Waals surface area contributed by atoms with Crippen LogP contribution in [0.1, 0.15) is 50.2 Å². The second-order valence-corrected chi connectivity index (χ2v) is 9.26. The Morgan fingerprint density at radius 3 is 2.50 bits per heavy atom. The highest BCUT2D eigenvalue weighted by Crippen LogP contribution is 2.33. The Balaban J connectivity index is 1.54. The number of aromatic nitrogens is 2. The van der Waals surface area contributed by atoms with Gasteiger partial charge in [-0.2, -0.15) is 5.10 Å². The predicted octanol–water partition coefficient (Wildman–Crippen LogP) is 4.39. The molecule has 0 radical (unpaired) electrons. The van der Waals surface area contributed by atoms with Gasteiger partial charge in [-0.05, 0) is 36.8 Å². The Labute approximate surface area is 199 Å². The van der Waals surface area contributed by atoms with Gasteiger partial charge < -0.3 is 19.7 Å². The van der Waals surface area contributed by atoms with Gasteiger partial charge in [0.1, 0.15) is 12.4 Å². The fourth-order valence-corrected chi connectivity index (χ4v) is 3.69. The zero-order valence-corrected chi connectivity index (χ0v) is 20.0. The van der Waals surface area contributed by atoms with Crippen LogP contribution in [-0.2, 0) is 10.2 Å². The fourth-order valence-electron chi connectivity index (χ4n) is 3.69. The summed E-state index contributed by atoms with van der Waals surface area (Å²) in [4.78, 5) is 27.8. The third kappa shape index (κ3) is 5.06. The topological polar surface area (TPSA) is 85.7 Å². The quantitative estimate of drug-likeness (QED) is 0.563. The first-order valence-corrected chi connectivity index (χ1v) is 11.4. The molecule has 8 heteroatoms. The van der Waals surface area contributed by atoms with Gasteiger partial charge in [0.15, 0.2) is 11.5 Å². The first-order chi connectivity index (χ1) is 16.3. The van der Waals surface area contributed by atoms with Gasteiger partial charge in [0, 0.05) is 23.6 Å². The molecule has 2 amide bonds. The summed E-state index contributed by atoms with van der Waals surface area (Å²) < 4.78 is 12.4. The Morgan fingerprint density at radius 1 is 1.06 bits per heavy atom. The molecule has 1 N–H and O–H groups in total. The van der Waals surface area contributed by atoms with Crippen LogP contribution in [0.2, 0.25) is 0 Å². The molecule has 0 unspecified atom stereocenters. The molecule has 2 heterocycles. The van der Waals surface area contributed by atoms with Gasteiger partial charge >= 0.3 is 0 Å². The Morgan fingerprint density at radius 2 is 1.79 bits per heavy atom. The minimum Gasteiger partial charge on any atom is -0.454 e. The number of carbonyl (C=O) groups is 2. The van der Waals surface area contributed by atoms with Crippen LogP contribution < -0.4 is 14.8 Å². The highest BCUT2D eigenvalue weighted by atomic mass is 16.7. The van der Waals surface area contributed by atoms with E-state index in [0.717, 1.165) is 17.8 Å². The van der Waals surface area contributed by atoms with Gasteiger partial charge in [0.05, 0.1) is 11.4 Å². The van der Waals surface area contributed by atoms with Crippen LogP contribution in [0.25, 0.3) is 5.69 Å². The lowest BCUT2D eigenvalue weighted by atomic mass is 9.92. The fraction of sp³-hybridized carbons (Fsp3) is 0.346. The Bertz CT molecular complexity index is 1180. The van der Waals surface area contributed by atoms with Crippen LogP contribution in [0.15, 0.2) is 54.6 Å². The Hall–Kier alpha value is -3.81. The average molecular weight is 463 g/mol. The van der Waals surface area contributed by atoms with Gasteiger partial charge in [0.25, 0.3) is 5.91 Å². The van der Waals surface area contributed by atoms with Crippen molar-refractivity contribution >= 4 is 17.6 Å². The van der Waals surface area contributed by atoms with E-state index in [1.807, 2.05) is 43.3 Å². The molecule has 1 aromatic heterocycles. The number of amides is 2. The summed E-state index contributed by atoms with van der Waals surface area (Å²) >= 11 is 0. The lowest BCUT2D eigenvalue weighted by molar-refractivity contribution is -0.116. The highest BCUT2D eigenvalue weighted by Gasteiger charge is 2.24. The standard InChI is InChI=1S/C26H30N4O4/c1-5-13-29(25(32)18-11-12-20-21(14-18)34-17-33-20)16-24(31)27-23-15-22(26(2,3)4)28-30(23)19-9-7-6-8-10-19/h6-12,14-15H,5,13,16-17H2,1-4H3,(H,27,31). The molecular formula is C26H30N4O4. The van der Waals surface area contributed by atoms with Crippen LogP contribution in [-0.4, -0.2) is 46.4 Å². The number of fused-ring (bicyclic) bond motifs is 1. The first kappa shape index (κ1) is 23.4. The normalized spacial score (nSPS) is 12.5. The number of anilines is 1. The number of ether oxygens (including phenoxy) is 2. The molecule has 0 saturated carbocycles. The van der Waals surface area contributed by atoms with E-state index in [1.54, 1.807) is 27.8 Å². The molecule has 0 bridgehead atoms. The van der Waals surface area contributed by atoms with E-state index < -0.39 is 0 Å². The van der Waals surface area contributed by atoms with E-state index in [2.05, 4.69) is 26.1 Å². The summed E-state index contributed by atoms with van der Waals surface area (Å²) in [6, 6.07) is 16.6. The molecule has 1 aliphatic rings. The lowest BCUT2D eigenvalue weighted by Gasteiger charge is -2.22. The molecule has 0 atom stereocenters. The number of nitrogens with one attached hydrogen (secondary N) is 1. The molecule has 178 valence electrons. The van der Waals surface area contributed by atoms with Crippen molar-refractivity contribution in [1.29, 1.82) is 0 Å². The van der Waals surface area contributed by atoms with Crippen molar-refractivity contribution in [2.75, 3.05) is 25.2 Å². The maximum atomic E-state index is 13.2. The van der Waals surface area contributed by atoms with Gasteiger partial charge in [-0.3, -0.25) is 9.59 Å². The monoisotopic (exact) mass is 462 g/mol. The number of nitrogens with zero attached hydrogens (tertiary/aromatic N) is 3. The molecule has 0 fully saturated rings. The van der Waals surface area contributed by atoms with E-state index in [0.29, 0.717) is 29.4 Å². The number of carbonyl (C=O) groups excluding carboxylic acids is 2. The van der Waals surface area contributed by atoms with Crippen molar-refractivity contribution in [3.8, 4) is 17.2 Å². The zero-order valence-electron chi connectivity index (χ0n) is 20.0. The molecular weight excluding hydrogens is 432 g/mol. The first-order valence-electron chi connectivity index (χ1n) is 11.4. The van der Waals surface area contributed by atoms with Crippen molar-refractivity contribution < 1.29 is 19.1 Å². The number of hydrogen-bond donors (Lipinski definition) is 1. The minimum atomic E-state index is -0.292. The van der Waals surface area contributed by atoms with Gasteiger partial charge in [-0.1, -0.05) is 45.9 Å². The van der Waals surface area contributed by atoms with Gasteiger partial charge in [-0.15, -0.1) is 0 Å². The predicted molar refractivity (Wildman–Crippen MR) is 130 cm³/mol. The lowest BCUT2D eigenvalue weighted by Crippen LogP contribution is -2.38. The zero-order chi connectivity index (χ0) is 24.3. The molecule has 0 aliphatic carbocycles. The number of rotatable bonds is 7. The summed E-state index contributed by atoms with van der Waals surface area (Å²) in [6.45, 7) is 8.70. The molecule has 0 spiro atoms. The second kappa shape index (κ2) is 9.59. The van der Waals surface area contributed by atoms with E-state index >= 15 is 0 Å². The maximum absolute atomic E-state index is 13.2. The van der Waals surface area contributed by atoms with Crippen LogP contribution in [0.3, 0.4) is 0 Å². The van der Waals surface area contributed by atoms with E-state index in [9.17, 15) is 9.59 Å². The number of benzene rings is 2. The number of para-hydroxylation sites is 1. The molecule has 8 nitrogen and oxygen atoms in total. The SMILES string of the molecule is CCCN(CC(=O)Nc1cc(C(C)(C)C)nn1-c1ccccc1)C(=O)c1ccc2c(c1)OCO2.